The molecule has 1 aliphatic rings. The Morgan fingerprint density at radius 2 is 1.54 bits per heavy atom. The number of carbonyl (C=O) groups is 1. The molecule has 0 aliphatic carbocycles. The van der Waals surface area contributed by atoms with Crippen LogP contribution in [0.25, 0.3) is 0 Å². The molecule has 3 rings (SSSR count). The van der Waals surface area contributed by atoms with Crippen LogP contribution in [-0.4, -0.2) is 26.8 Å². The highest BCUT2D eigenvalue weighted by atomic mass is 16.5. The van der Waals surface area contributed by atoms with Crippen molar-refractivity contribution in [2.75, 3.05) is 20.8 Å². The van der Waals surface area contributed by atoms with Gasteiger partial charge in [0.25, 0.3) is 0 Å². The molecular formula is C20H22O4. The van der Waals surface area contributed by atoms with Gasteiger partial charge in [-0.25, -0.2) is 0 Å². The maximum atomic E-state index is 12.2. The molecule has 2 atom stereocenters. The predicted octanol–water partition coefficient (Wildman–Crippen LogP) is 3.28. The third kappa shape index (κ3) is 3.70. The van der Waals surface area contributed by atoms with Crippen LogP contribution in [0.4, 0.5) is 0 Å². The Kier molecular flexibility index (Phi) is 5.04. The number of hydrogen-bond donors (Lipinski definition) is 0. The van der Waals surface area contributed by atoms with Crippen molar-refractivity contribution in [1.82, 2.24) is 0 Å². The quantitative estimate of drug-likeness (QED) is 0.764. The summed E-state index contributed by atoms with van der Waals surface area (Å²) in [5.41, 5.74) is 2.25. The molecule has 0 spiro atoms. The SMILES string of the molecule is COc1cccc(C[C@H]2COC(=O)[C@H]2Cc2cccc(OC)c2)c1. The van der Waals surface area contributed by atoms with Crippen LogP contribution in [0.1, 0.15) is 11.1 Å². The lowest BCUT2D eigenvalue weighted by molar-refractivity contribution is -0.141. The molecule has 0 bridgehead atoms. The Bertz CT molecular complexity index is 710. The van der Waals surface area contributed by atoms with E-state index in [2.05, 4.69) is 6.07 Å². The number of cyclic esters (lactones) is 1. The van der Waals surface area contributed by atoms with Gasteiger partial charge >= 0.3 is 5.97 Å². The van der Waals surface area contributed by atoms with Crippen molar-refractivity contribution in [3.05, 3.63) is 59.7 Å². The second kappa shape index (κ2) is 7.39. The van der Waals surface area contributed by atoms with Gasteiger partial charge in [0.2, 0.25) is 0 Å². The van der Waals surface area contributed by atoms with Gasteiger partial charge in [0, 0.05) is 5.92 Å². The average molecular weight is 326 g/mol. The van der Waals surface area contributed by atoms with Gasteiger partial charge in [-0.2, -0.15) is 0 Å². The van der Waals surface area contributed by atoms with E-state index < -0.39 is 0 Å². The monoisotopic (exact) mass is 326 g/mol. The minimum Gasteiger partial charge on any atom is -0.497 e. The molecule has 4 heteroatoms. The Labute approximate surface area is 142 Å². The Balaban J connectivity index is 1.73. The van der Waals surface area contributed by atoms with Crippen LogP contribution in [0.5, 0.6) is 11.5 Å². The lowest BCUT2D eigenvalue weighted by atomic mass is 9.85. The Morgan fingerprint density at radius 3 is 2.12 bits per heavy atom. The van der Waals surface area contributed by atoms with Crippen molar-refractivity contribution in [2.24, 2.45) is 11.8 Å². The fraction of sp³-hybridized carbons (Fsp3) is 0.350. The lowest BCUT2D eigenvalue weighted by Crippen LogP contribution is -2.20. The third-order valence-corrected chi connectivity index (χ3v) is 4.53. The van der Waals surface area contributed by atoms with Crippen molar-refractivity contribution in [1.29, 1.82) is 0 Å². The molecule has 24 heavy (non-hydrogen) atoms. The van der Waals surface area contributed by atoms with Crippen LogP contribution < -0.4 is 9.47 Å². The largest absolute Gasteiger partial charge is 0.497 e. The number of methoxy groups -OCH3 is 2. The molecule has 1 saturated heterocycles. The summed E-state index contributed by atoms with van der Waals surface area (Å²) in [4.78, 5) is 12.2. The number of esters is 1. The van der Waals surface area contributed by atoms with Crippen LogP contribution in [0, 0.1) is 11.8 Å². The number of ether oxygens (including phenoxy) is 3. The van der Waals surface area contributed by atoms with E-state index in [0.717, 1.165) is 29.0 Å². The molecular weight excluding hydrogens is 304 g/mol. The third-order valence-electron chi connectivity index (χ3n) is 4.53. The van der Waals surface area contributed by atoms with E-state index in [9.17, 15) is 4.79 Å². The molecule has 1 fully saturated rings. The molecule has 126 valence electrons. The Hall–Kier alpha value is -2.49. The molecule has 0 radical (unpaired) electrons. The van der Waals surface area contributed by atoms with E-state index in [1.807, 2.05) is 42.5 Å². The lowest BCUT2D eigenvalue weighted by Gasteiger charge is -2.16. The maximum absolute atomic E-state index is 12.2. The fourth-order valence-electron chi connectivity index (χ4n) is 3.21. The number of carbonyl (C=O) groups excluding carboxylic acids is 1. The summed E-state index contributed by atoms with van der Waals surface area (Å²) >= 11 is 0. The molecule has 1 heterocycles. The second-order valence-electron chi connectivity index (χ2n) is 6.11. The van der Waals surface area contributed by atoms with Gasteiger partial charge in [-0.3, -0.25) is 4.79 Å². The van der Waals surface area contributed by atoms with Crippen LogP contribution in [0.15, 0.2) is 48.5 Å². The van der Waals surface area contributed by atoms with Crippen LogP contribution in [0.2, 0.25) is 0 Å². The zero-order valence-electron chi connectivity index (χ0n) is 14.0. The van der Waals surface area contributed by atoms with Crippen molar-refractivity contribution in [2.45, 2.75) is 12.8 Å². The van der Waals surface area contributed by atoms with Crippen LogP contribution in [-0.2, 0) is 22.4 Å². The van der Waals surface area contributed by atoms with Gasteiger partial charge in [0.15, 0.2) is 0 Å². The van der Waals surface area contributed by atoms with Crippen molar-refractivity contribution in [3.8, 4) is 11.5 Å². The van der Waals surface area contributed by atoms with Gasteiger partial charge in [-0.05, 0) is 48.2 Å². The zero-order chi connectivity index (χ0) is 16.9. The molecule has 2 aromatic rings. The highest BCUT2D eigenvalue weighted by molar-refractivity contribution is 5.75. The van der Waals surface area contributed by atoms with Crippen molar-refractivity contribution in [3.63, 3.8) is 0 Å². The smallest absolute Gasteiger partial charge is 0.309 e. The van der Waals surface area contributed by atoms with Gasteiger partial charge < -0.3 is 14.2 Å². The van der Waals surface area contributed by atoms with E-state index in [-0.39, 0.29) is 17.8 Å². The fourth-order valence-corrected chi connectivity index (χ4v) is 3.21. The first-order chi connectivity index (χ1) is 11.7. The second-order valence-corrected chi connectivity index (χ2v) is 6.11. The summed E-state index contributed by atoms with van der Waals surface area (Å²) in [6, 6.07) is 15.8. The maximum Gasteiger partial charge on any atom is 0.309 e. The van der Waals surface area contributed by atoms with E-state index in [1.165, 1.54) is 0 Å². The van der Waals surface area contributed by atoms with E-state index >= 15 is 0 Å². The molecule has 0 saturated carbocycles. The topological polar surface area (TPSA) is 44.8 Å². The van der Waals surface area contributed by atoms with Crippen molar-refractivity contribution < 1.29 is 19.0 Å². The molecule has 0 N–H and O–H groups in total. The van der Waals surface area contributed by atoms with Gasteiger partial charge in [0.1, 0.15) is 11.5 Å². The summed E-state index contributed by atoms with van der Waals surface area (Å²) in [5, 5.41) is 0. The average Bonchev–Trinajstić information content (AvgIpc) is 2.95. The van der Waals surface area contributed by atoms with E-state index in [1.54, 1.807) is 14.2 Å². The number of benzene rings is 2. The first-order valence-electron chi connectivity index (χ1n) is 8.12. The predicted molar refractivity (Wildman–Crippen MR) is 91.3 cm³/mol. The molecule has 1 aliphatic heterocycles. The minimum atomic E-state index is -0.122. The summed E-state index contributed by atoms with van der Waals surface area (Å²) in [6.07, 6.45) is 1.47. The highest BCUT2D eigenvalue weighted by Crippen LogP contribution is 2.30. The number of rotatable bonds is 6. The minimum absolute atomic E-state index is 0.106. The number of hydrogen-bond acceptors (Lipinski definition) is 4. The first-order valence-corrected chi connectivity index (χ1v) is 8.12. The Morgan fingerprint density at radius 1 is 0.958 bits per heavy atom. The molecule has 0 amide bonds. The summed E-state index contributed by atoms with van der Waals surface area (Å²) < 4.78 is 15.9. The van der Waals surface area contributed by atoms with Gasteiger partial charge in [0.05, 0.1) is 26.7 Å². The van der Waals surface area contributed by atoms with Gasteiger partial charge in [-0.15, -0.1) is 0 Å². The summed E-state index contributed by atoms with van der Waals surface area (Å²) in [6.45, 7) is 0.477. The summed E-state index contributed by atoms with van der Waals surface area (Å²) in [5.74, 6) is 1.59. The normalized spacial score (nSPS) is 19.8. The molecule has 0 aromatic heterocycles. The van der Waals surface area contributed by atoms with Crippen LogP contribution >= 0.6 is 0 Å². The molecule has 0 unspecified atom stereocenters. The summed E-state index contributed by atoms with van der Waals surface area (Å²) in [7, 11) is 3.31. The standard InChI is InChI=1S/C20H22O4/c1-22-17-7-3-5-14(10-17)9-16-13-24-20(21)19(16)12-15-6-4-8-18(11-15)23-2/h3-8,10-11,16,19H,9,12-13H2,1-2H3/t16-,19-/m0/s1. The zero-order valence-corrected chi connectivity index (χ0v) is 14.0. The molecule has 2 aromatic carbocycles. The van der Waals surface area contributed by atoms with Crippen LogP contribution in [0.3, 0.4) is 0 Å². The first kappa shape index (κ1) is 16.4. The van der Waals surface area contributed by atoms with E-state index in [0.29, 0.717) is 13.0 Å². The molecule has 4 nitrogen and oxygen atoms in total. The van der Waals surface area contributed by atoms with Crippen molar-refractivity contribution >= 4 is 5.97 Å². The van der Waals surface area contributed by atoms with E-state index in [4.69, 9.17) is 14.2 Å². The highest BCUT2D eigenvalue weighted by Gasteiger charge is 2.36. The van der Waals surface area contributed by atoms with Gasteiger partial charge in [-0.1, -0.05) is 24.3 Å².